The van der Waals surface area contributed by atoms with Gasteiger partial charge in [0.15, 0.2) is 0 Å². The summed E-state index contributed by atoms with van der Waals surface area (Å²) in [5.74, 6) is -4.68. The molecule has 3 heterocycles. The van der Waals surface area contributed by atoms with Gasteiger partial charge in [-0.05, 0) is 61.1 Å². The van der Waals surface area contributed by atoms with Gasteiger partial charge in [-0.15, -0.1) is 0 Å². The van der Waals surface area contributed by atoms with Crippen LogP contribution in [0, 0.1) is 29.4 Å². The van der Waals surface area contributed by atoms with Gasteiger partial charge < -0.3 is 4.90 Å². The maximum atomic E-state index is 14.5. The molecule has 3 saturated heterocycles. The predicted molar refractivity (Wildman–Crippen MR) is 138 cm³/mol. The molecule has 0 radical (unpaired) electrons. The van der Waals surface area contributed by atoms with Crippen LogP contribution in [0.2, 0.25) is 0 Å². The van der Waals surface area contributed by atoms with Crippen molar-refractivity contribution in [1.82, 2.24) is 9.80 Å². The molecule has 204 valence electrons. The van der Waals surface area contributed by atoms with Crippen LogP contribution in [-0.4, -0.2) is 45.1 Å². The molecule has 2 aromatic rings. The Hall–Kier alpha value is -3.62. The van der Waals surface area contributed by atoms with E-state index in [2.05, 4.69) is 0 Å². The number of hydrogen-bond donors (Lipinski definition) is 0. The molecule has 9 heteroatoms. The number of rotatable bonds is 5. The molecule has 0 bridgehead atoms. The topological polar surface area (TPSA) is 78.0 Å². The van der Waals surface area contributed by atoms with E-state index in [0.29, 0.717) is 18.4 Å². The summed E-state index contributed by atoms with van der Waals surface area (Å²) in [6, 6.07) is 8.84. The van der Waals surface area contributed by atoms with Crippen molar-refractivity contribution >= 4 is 29.4 Å². The molecule has 3 aliphatic heterocycles. The number of carbonyl (C=O) groups is 4. The Morgan fingerprint density at radius 2 is 1.59 bits per heavy atom. The van der Waals surface area contributed by atoms with Crippen molar-refractivity contribution in [1.29, 1.82) is 0 Å². The van der Waals surface area contributed by atoms with Gasteiger partial charge in [0.2, 0.25) is 11.8 Å². The molecule has 5 amide bonds. The van der Waals surface area contributed by atoms with E-state index >= 15 is 0 Å². The number of carbonyl (C=O) groups excluding carboxylic acids is 4. The van der Waals surface area contributed by atoms with Crippen molar-refractivity contribution in [3.05, 3.63) is 65.7 Å². The minimum atomic E-state index is -1.63. The number of fused-ring (bicyclic) bond motifs is 3. The van der Waals surface area contributed by atoms with Crippen molar-refractivity contribution in [3.63, 3.8) is 0 Å². The summed E-state index contributed by atoms with van der Waals surface area (Å²) in [4.78, 5) is 60.8. The number of urea groups is 1. The molecule has 6 rings (SSSR count). The van der Waals surface area contributed by atoms with E-state index < -0.39 is 52.9 Å². The number of halogens is 2. The summed E-state index contributed by atoms with van der Waals surface area (Å²) in [5, 5.41) is 0. The van der Waals surface area contributed by atoms with Gasteiger partial charge in [-0.2, -0.15) is 0 Å². The standard InChI is InChI=1S/C30H31F2N3O4/c1-17(2)16-30-24-23(26(36)33(27(24)37)21-8-4-3-5-9-21)25(18-11-13-19(31)14-12-18)35(30)29(39)34(28(30)38)22-10-6-7-20(32)15-22/h6-7,10-15,17,21,23-25H,3-5,8-9,16H2,1-2H3/t23?,24?,25?,30-/m1/s1. The van der Waals surface area contributed by atoms with E-state index in [1.807, 2.05) is 13.8 Å². The van der Waals surface area contributed by atoms with Gasteiger partial charge in [0.1, 0.15) is 17.2 Å². The smallest absolute Gasteiger partial charge is 0.300 e. The number of imide groups is 2. The average Bonchev–Trinajstić information content (AvgIpc) is 3.42. The fourth-order valence-electron chi connectivity index (χ4n) is 7.50. The second-order valence-corrected chi connectivity index (χ2v) is 11.6. The highest BCUT2D eigenvalue weighted by Gasteiger charge is 2.77. The van der Waals surface area contributed by atoms with Gasteiger partial charge in [0, 0.05) is 6.04 Å². The third kappa shape index (κ3) is 3.65. The zero-order valence-corrected chi connectivity index (χ0v) is 22.0. The molecule has 1 aliphatic carbocycles. The molecule has 0 N–H and O–H groups in total. The van der Waals surface area contributed by atoms with Crippen LogP contribution in [0.15, 0.2) is 48.5 Å². The quantitative estimate of drug-likeness (QED) is 0.389. The molecule has 3 unspecified atom stereocenters. The zero-order valence-electron chi connectivity index (χ0n) is 22.0. The van der Waals surface area contributed by atoms with Crippen LogP contribution in [0.4, 0.5) is 19.3 Å². The van der Waals surface area contributed by atoms with E-state index in [9.17, 15) is 28.0 Å². The van der Waals surface area contributed by atoms with Gasteiger partial charge >= 0.3 is 6.03 Å². The predicted octanol–water partition coefficient (Wildman–Crippen LogP) is 5.21. The Morgan fingerprint density at radius 3 is 2.23 bits per heavy atom. The summed E-state index contributed by atoms with van der Waals surface area (Å²) in [5.41, 5.74) is -1.08. The Morgan fingerprint density at radius 1 is 0.897 bits per heavy atom. The van der Waals surface area contributed by atoms with E-state index in [4.69, 9.17) is 0 Å². The lowest BCUT2D eigenvalue weighted by Crippen LogP contribution is -2.55. The number of hydrogen-bond acceptors (Lipinski definition) is 4. The van der Waals surface area contributed by atoms with Crippen LogP contribution in [0.1, 0.15) is 64.0 Å². The minimum absolute atomic E-state index is 0.0675. The van der Waals surface area contributed by atoms with Gasteiger partial charge in [-0.3, -0.25) is 19.3 Å². The van der Waals surface area contributed by atoms with Gasteiger partial charge in [-0.1, -0.05) is 51.3 Å². The lowest BCUT2D eigenvalue weighted by atomic mass is 9.74. The Kier molecular flexibility index (Phi) is 6.08. The normalized spacial score (nSPS) is 29.2. The molecule has 39 heavy (non-hydrogen) atoms. The number of anilines is 1. The average molecular weight is 536 g/mol. The monoisotopic (exact) mass is 535 g/mol. The lowest BCUT2D eigenvalue weighted by molar-refractivity contribution is -0.147. The lowest BCUT2D eigenvalue weighted by Gasteiger charge is -2.38. The third-order valence-corrected chi connectivity index (χ3v) is 8.86. The second-order valence-electron chi connectivity index (χ2n) is 11.6. The van der Waals surface area contributed by atoms with Crippen molar-refractivity contribution < 1.29 is 28.0 Å². The summed E-state index contributed by atoms with van der Waals surface area (Å²) in [6.07, 6.45) is 4.43. The van der Waals surface area contributed by atoms with E-state index in [1.165, 1.54) is 52.3 Å². The molecule has 0 spiro atoms. The van der Waals surface area contributed by atoms with E-state index in [0.717, 1.165) is 30.2 Å². The van der Waals surface area contributed by atoms with Crippen molar-refractivity contribution in [2.24, 2.45) is 17.8 Å². The minimum Gasteiger partial charge on any atom is -0.300 e. The molecule has 1 saturated carbocycles. The molecule has 0 aromatic heterocycles. The first-order chi connectivity index (χ1) is 18.7. The summed E-state index contributed by atoms with van der Waals surface area (Å²) in [6.45, 7) is 3.80. The van der Waals surface area contributed by atoms with Crippen LogP contribution in [0.3, 0.4) is 0 Å². The maximum absolute atomic E-state index is 14.5. The molecule has 4 atom stereocenters. The second kappa shape index (κ2) is 9.24. The molecule has 7 nitrogen and oxygen atoms in total. The van der Waals surface area contributed by atoms with Crippen LogP contribution < -0.4 is 4.90 Å². The molecule has 4 fully saturated rings. The first-order valence-corrected chi connectivity index (χ1v) is 13.7. The number of amides is 5. The van der Waals surface area contributed by atoms with Crippen LogP contribution in [-0.2, 0) is 14.4 Å². The van der Waals surface area contributed by atoms with E-state index in [1.54, 1.807) is 0 Å². The first kappa shape index (κ1) is 25.6. The summed E-state index contributed by atoms with van der Waals surface area (Å²) in [7, 11) is 0. The first-order valence-electron chi connectivity index (χ1n) is 13.7. The highest BCUT2D eigenvalue weighted by atomic mass is 19.1. The molecular formula is C30H31F2N3O4. The molecule has 2 aromatic carbocycles. The summed E-state index contributed by atoms with van der Waals surface area (Å²) >= 11 is 0. The summed E-state index contributed by atoms with van der Waals surface area (Å²) < 4.78 is 28.2. The Labute approximate surface area is 225 Å². The van der Waals surface area contributed by atoms with Crippen LogP contribution in [0.5, 0.6) is 0 Å². The Balaban J connectivity index is 1.56. The van der Waals surface area contributed by atoms with Crippen molar-refractivity contribution in [2.75, 3.05) is 4.90 Å². The van der Waals surface area contributed by atoms with Crippen LogP contribution >= 0.6 is 0 Å². The highest BCUT2D eigenvalue weighted by Crippen LogP contribution is 2.61. The van der Waals surface area contributed by atoms with Gasteiger partial charge in [0.05, 0.1) is 23.6 Å². The van der Waals surface area contributed by atoms with Gasteiger partial charge in [-0.25, -0.2) is 18.5 Å². The fourth-order valence-corrected chi connectivity index (χ4v) is 7.50. The largest absolute Gasteiger partial charge is 0.332 e. The zero-order chi connectivity index (χ0) is 27.6. The SMILES string of the molecule is CC(C)C[C@@]12C(=O)N(c3cccc(F)c3)C(=O)N1C(c1ccc(F)cc1)C1C(=O)N(C3CCCCC3)C(=O)C12. The number of benzene rings is 2. The third-order valence-electron chi connectivity index (χ3n) is 8.86. The van der Waals surface area contributed by atoms with Crippen molar-refractivity contribution in [2.45, 2.75) is 70.0 Å². The highest BCUT2D eigenvalue weighted by molar-refractivity contribution is 6.26. The Bertz CT molecular complexity index is 1360. The van der Waals surface area contributed by atoms with Crippen LogP contribution in [0.25, 0.3) is 0 Å². The fraction of sp³-hybridized carbons (Fsp3) is 0.467. The molecular weight excluding hydrogens is 504 g/mol. The van der Waals surface area contributed by atoms with Gasteiger partial charge in [0.25, 0.3) is 5.91 Å². The van der Waals surface area contributed by atoms with Crippen molar-refractivity contribution in [3.8, 4) is 0 Å². The number of likely N-dealkylation sites (tertiary alicyclic amines) is 1. The molecule has 4 aliphatic rings. The number of nitrogens with zero attached hydrogens (tertiary/aromatic N) is 3. The van der Waals surface area contributed by atoms with E-state index in [-0.39, 0.29) is 30.0 Å². The maximum Gasteiger partial charge on any atom is 0.332 e.